The number of nitrogens with zero attached hydrogens (tertiary/aromatic N) is 2. The number of rotatable bonds is 14. The molecule has 2 heterocycles. The second-order valence-electron chi connectivity index (χ2n) is 12.2. The average molecular weight is 727 g/mol. The molecule has 4 rings (SSSR count). The Morgan fingerprint density at radius 3 is 2.25 bits per heavy atom. The number of amides is 4. The number of carbonyl (C=O) groups excluding carboxylic acids is 6. The highest BCUT2D eigenvalue weighted by molar-refractivity contribution is 7.80. The van der Waals surface area contributed by atoms with E-state index in [9.17, 15) is 33.2 Å². The Labute approximate surface area is 300 Å². The molecule has 0 saturated carbocycles. The lowest BCUT2D eigenvalue weighted by molar-refractivity contribution is -0.143. The van der Waals surface area contributed by atoms with E-state index in [1.54, 1.807) is 45.2 Å². The van der Waals surface area contributed by atoms with E-state index in [-0.39, 0.29) is 30.4 Å². The summed E-state index contributed by atoms with van der Waals surface area (Å²) in [5.41, 5.74) is 2.96. The summed E-state index contributed by atoms with van der Waals surface area (Å²) in [4.78, 5) is 78.1. The number of ketones is 1. The van der Waals surface area contributed by atoms with Crippen LogP contribution < -0.4 is 21.3 Å². The lowest BCUT2D eigenvalue weighted by Gasteiger charge is -2.24. The van der Waals surface area contributed by atoms with E-state index < -0.39 is 60.9 Å². The van der Waals surface area contributed by atoms with Crippen LogP contribution in [0.15, 0.2) is 59.6 Å². The summed E-state index contributed by atoms with van der Waals surface area (Å²) in [5.74, 6) is -3.40. The van der Waals surface area contributed by atoms with Gasteiger partial charge in [0.15, 0.2) is 10.9 Å². The standard InChI is InChI=1S/C22H30FN3O7.C13H13N3OS/c1-13(2)19(26-22(31)33-12-15-8-6-5-7-9-15)21(30)24-14(3)20(29)25-16(17(27)11-23)10-18(28)32-4;1-16-12(17)11(15-13(16)18)6-8-7-14-10-5-3-2-4-9(8)10/h5-9,13-14,16,19H,10-12H2,1-4H3,(H,24,30)(H,25,29)(H,26,31);2-5,7-8,11H,6H2,1H3,(H,15,18)/t14-,16-,19-;/m0./s1. The maximum atomic E-state index is 12.8. The number of esters is 1. The molecule has 14 nitrogen and oxygen atoms in total. The minimum absolute atomic E-state index is 0.0160. The van der Waals surface area contributed by atoms with Crippen molar-refractivity contribution in [1.29, 1.82) is 0 Å². The molecule has 5 atom stereocenters. The zero-order valence-electron chi connectivity index (χ0n) is 29.0. The number of Topliss-reactive ketones (excluding diaryl/α,β-unsaturated/α-hetero) is 1. The second kappa shape index (κ2) is 19.2. The minimum atomic E-state index is -1.43. The van der Waals surface area contributed by atoms with Crippen LogP contribution in [0.4, 0.5) is 14.9 Å². The number of ether oxygens (including phenoxy) is 2. The van der Waals surface area contributed by atoms with Crippen molar-refractivity contribution in [2.45, 2.75) is 70.3 Å². The number of benzene rings is 2. The number of halogens is 1. The van der Waals surface area contributed by atoms with Gasteiger partial charge in [0.25, 0.3) is 5.91 Å². The summed E-state index contributed by atoms with van der Waals surface area (Å²) in [6, 6.07) is 13.2. The van der Waals surface area contributed by atoms with Crippen LogP contribution in [0.1, 0.15) is 50.7 Å². The van der Waals surface area contributed by atoms with Crippen molar-refractivity contribution >= 4 is 64.8 Å². The van der Waals surface area contributed by atoms with E-state index in [4.69, 9.17) is 17.0 Å². The number of thiocarbonyl (C=S) groups is 1. The Kier molecular flexibility index (Phi) is 15.1. The summed E-state index contributed by atoms with van der Waals surface area (Å²) in [6.45, 7) is 3.36. The predicted molar refractivity (Wildman–Crippen MR) is 190 cm³/mol. The number of para-hydroxylation sites is 1. The number of hydrogen-bond acceptors (Lipinski definition) is 10. The fraction of sp³-hybridized carbons (Fsp3) is 0.429. The van der Waals surface area contributed by atoms with Crippen LogP contribution in [0.25, 0.3) is 0 Å². The van der Waals surface area contributed by atoms with Gasteiger partial charge < -0.3 is 30.7 Å². The van der Waals surface area contributed by atoms with Crippen LogP contribution in [0, 0.1) is 5.92 Å². The number of alkyl halides is 1. The quantitative estimate of drug-likeness (QED) is 0.167. The van der Waals surface area contributed by atoms with Gasteiger partial charge in [-0.3, -0.25) is 33.9 Å². The molecule has 51 heavy (non-hydrogen) atoms. The number of nitrogens with one attached hydrogen (secondary N) is 4. The van der Waals surface area contributed by atoms with Gasteiger partial charge in [-0.05, 0) is 48.7 Å². The molecule has 1 fully saturated rings. The number of carbonyl (C=O) groups is 6. The van der Waals surface area contributed by atoms with Gasteiger partial charge in [-0.25, -0.2) is 9.18 Å². The Hall–Kier alpha value is -5.25. The van der Waals surface area contributed by atoms with Gasteiger partial charge >= 0.3 is 12.1 Å². The molecular formula is C35H43FN6O8S. The van der Waals surface area contributed by atoms with E-state index in [2.05, 4.69) is 37.1 Å². The summed E-state index contributed by atoms with van der Waals surface area (Å²) >= 11 is 5.07. The molecule has 0 radical (unpaired) electrons. The van der Waals surface area contributed by atoms with Crippen LogP contribution in [0.3, 0.4) is 0 Å². The third-order valence-corrected chi connectivity index (χ3v) is 8.46. The molecule has 2 aliphatic heterocycles. The Balaban J connectivity index is 0.000000323. The number of methoxy groups -OCH3 is 1. The molecule has 2 aliphatic rings. The summed E-state index contributed by atoms with van der Waals surface area (Å²) in [7, 11) is 2.79. The minimum Gasteiger partial charge on any atom is -0.469 e. The maximum Gasteiger partial charge on any atom is 0.408 e. The lowest BCUT2D eigenvalue weighted by atomic mass is 9.94. The molecule has 0 bridgehead atoms. The first kappa shape index (κ1) is 40.2. The van der Waals surface area contributed by atoms with E-state index in [0.29, 0.717) is 11.5 Å². The lowest BCUT2D eigenvalue weighted by Crippen LogP contribution is -2.56. The van der Waals surface area contributed by atoms with Crippen molar-refractivity contribution < 1.29 is 42.6 Å². The second-order valence-corrected chi connectivity index (χ2v) is 12.6. The molecule has 2 aromatic rings. The van der Waals surface area contributed by atoms with Crippen LogP contribution >= 0.6 is 12.2 Å². The molecule has 2 unspecified atom stereocenters. The van der Waals surface area contributed by atoms with E-state index >= 15 is 0 Å². The van der Waals surface area contributed by atoms with Crippen molar-refractivity contribution in [1.82, 2.24) is 26.2 Å². The largest absolute Gasteiger partial charge is 0.469 e. The highest BCUT2D eigenvalue weighted by Crippen LogP contribution is 2.34. The number of fused-ring (bicyclic) bond motifs is 1. The predicted octanol–water partition coefficient (Wildman–Crippen LogP) is 2.62. The normalized spacial score (nSPS) is 17.6. The Morgan fingerprint density at radius 2 is 1.65 bits per heavy atom. The van der Waals surface area contributed by atoms with Crippen LogP contribution in [-0.2, 0) is 40.1 Å². The van der Waals surface area contributed by atoms with E-state index in [1.165, 1.54) is 17.4 Å². The number of hydrogen-bond donors (Lipinski definition) is 4. The Morgan fingerprint density at radius 1 is 0.980 bits per heavy atom. The Bertz CT molecular complexity index is 1620. The zero-order chi connectivity index (χ0) is 37.7. The van der Waals surface area contributed by atoms with Crippen molar-refractivity contribution in [3.05, 3.63) is 65.7 Å². The molecule has 0 spiro atoms. The van der Waals surface area contributed by atoms with Gasteiger partial charge in [0.05, 0.1) is 19.2 Å². The number of alkyl carbamates (subject to hydrolysis) is 1. The third kappa shape index (κ3) is 11.7. The number of aliphatic imine (C=N–C) groups is 1. The van der Waals surface area contributed by atoms with E-state index in [1.807, 2.05) is 30.5 Å². The van der Waals surface area contributed by atoms with Crippen molar-refractivity contribution in [3.63, 3.8) is 0 Å². The van der Waals surface area contributed by atoms with Gasteiger partial charge in [-0.15, -0.1) is 0 Å². The highest BCUT2D eigenvalue weighted by atomic mass is 32.1. The molecule has 1 saturated heterocycles. The van der Waals surface area contributed by atoms with Gasteiger partial charge in [-0.2, -0.15) is 0 Å². The van der Waals surface area contributed by atoms with Gasteiger partial charge in [0.1, 0.15) is 37.4 Å². The molecule has 0 aromatic heterocycles. The first-order valence-electron chi connectivity index (χ1n) is 16.2. The zero-order valence-corrected chi connectivity index (χ0v) is 29.8. The topological polar surface area (TPSA) is 185 Å². The first-order chi connectivity index (χ1) is 24.2. The van der Waals surface area contributed by atoms with Crippen molar-refractivity contribution in [3.8, 4) is 0 Å². The average Bonchev–Trinajstić information content (AvgIpc) is 3.64. The fourth-order valence-electron chi connectivity index (χ4n) is 5.09. The van der Waals surface area contributed by atoms with Gasteiger partial charge in [-0.1, -0.05) is 62.4 Å². The monoisotopic (exact) mass is 726 g/mol. The molecule has 0 aliphatic carbocycles. The van der Waals surface area contributed by atoms with Crippen molar-refractivity contribution in [2.75, 3.05) is 20.8 Å². The maximum absolute atomic E-state index is 12.8. The highest BCUT2D eigenvalue weighted by Gasteiger charge is 2.35. The molecule has 16 heteroatoms. The smallest absolute Gasteiger partial charge is 0.408 e. The fourth-order valence-corrected chi connectivity index (χ4v) is 5.33. The first-order valence-corrected chi connectivity index (χ1v) is 16.6. The van der Waals surface area contributed by atoms with E-state index in [0.717, 1.165) is 18.4 Å². The third-order valence-electron chi connectivity index (χ3n) is 8.07. The molecule has 2 aromatic carbocycles. The molecule has 4 amide bonds. The molecule has 274 valence electrons. The summed E-state index contributed by atoms with van der Waals surface area (Å²) < 4.78 is 22.3. The summed E-state index contributed by atoms with van der Waals surface area (Å²) in [6.07, 6.45) is 1.26. The van der Waals surface area contributed by atoms with Crippen molar-refractivity contribution in [2.24, 2.45) is 10.9 Å². The van der Waals surface area contributed by atoms with Gasteiger partial charge in [0, 0.05) is 19.2 Å². The van der Waals surface area contributed by atoms with Gasteiger partial charge in [0.2, 0.25) is 11.8 Å². The molecular weight excluding hydrogens is 683 g/mol. The molecule has 4 N–H and O–H groups in total. The van der Waals surface area contributed by atoms with Crippen LogP contribution in [-0.4, -0.2) is 96.8 Å². The SMILES string of the molecule is CN1C(=O)C(CC2C=Nc3ccccc32)NC1=S.COC(=O)C[C@H](NC(=O)[C@H](C)NC(=O)[C@@H](NC(=O)OCc1ccccc1)C(C)C)C(=O)CF. The van der Waals surface area contributed by atoms with Crippen LogP contribution in [0.5, 0.6) is 0 Å². The van der Waals surface area contributed by atoms with Crippen LogP contribution in [0.2, 0.25) is 0 Å². The number of likely N-dealkylation sites (N-methyl/N-ethyl adjacent to an activating group) is 1. The summed E-state index contributed by atoms with van der Waals surface area (Å²) in [5, 5.41) is 10.7.